The van der Waals surface area contributed by atoms with Gasteiger partial charge in [-0.3, -0.25) is 9.59 Å². The standard InChI is InChI=1S/C60H74O34/c1-26(64)81-23-37-43(72)51(89-56-47(76)45(74)41(70)34(20-61)84-56)49(78)58(86-37)90-52-50(88-40(69)18-13-29-11-16-32(67)33(19-29)80-3)38(24-82-27(2)65)87-59(53(52)91-57-48(77)46(75)42(71)35(21-62)85-57)94-60(25-83-39(68)17-12-28-9-14-31(66)15-10-28)54(44(73)36(22-63)93-60)92-55(79)30-7-5-4-6-8-30/h4-19,34-38,41-54,56-59,61-63,66-67,70-78H,20-25H2,1-3H3/t34-,35-,36-,37-,38-,41-,42-,43-,44-,45+,46+,47-,48-,49-,50-,51+,52+,53-,54+,56+,57+,58+,59-,60+/m1/s1. The second-order valence-electron chi connectivity index (χ2n) is 22.0. The number of carbonyl (C=O) groups is 5. The molecule has 0 saturated carbocycles. The Kier molecular flexibility index (Phi) is 25.3. The highest BCUT2D eigenvalue weighted by molar-refractivity contribution is 5.90. The van der Waals surface area contributed by atoms with Gasteiger partial charge in [0.15, 0.2) is 48.9 Å². The second kappa shape index (κ2) is 32.7. The third-order valence-corrected chi connectivity index (χ3v) is 15.5. The third-order valence-electron chi connectivity index (χ3n) is 15.5. The normalized spacial score (nSPS) is 36.0. The van der Waals surface area contributed by atoms with Gasteiger partial charge in [0.25, 0.3) is 0 Å². The molecule has 34 nitrogen and oxygen atoms in total. The number of hydrogen-bond acceptors (Lipinski definition) is 34. The van der Waals surface area contributed by atoms with E-state index >= 15 is 0 Å². The number of phenolic OH excluding ortho intramolecular Hbond substituents is 2. The van der Waals surface area contributed by atoms with E-state index in [0.29, 0.717) is 5.56 Å². The molecule has 518 valence electrons. The van der Waals surface area contributed by atoms with E-state index in [1.165, 1.54) is 79.9 Å². The van der Waals surface area contributed by atoms with E-state index in [-0.39, 0.29) is 28.4 Å². The molecular formula is C60H74O34. The number of ether oxygens (including phenoxy) is 15. The summed E-state index contributed by atoms with van der Waals surface area (Å²) in [5, 5.41) is 154. The smallest absolute Gasteiger partial charge is 0.338 e. The van der Waals surface area contributed by atoms with Gasteiger partial charge in [0.1, 0.15) is 129 Å². The Hall–Kier alpha value is -6.95. The number of benzene rings is 3. The molecule has 94 heavy (non-hydrogen) atoms. The average Bonchev–Trinajstić information content (AvgIpc) is 1.37. The van der Waals surface area contributed by atoms with Crippen molar-refractivity contribution >= 4 is 42.0 Å². The fraction of sp³-hybridized carbons (Fsp3) is 0.550. The highest BCUT2D eigenvalue weighted by atomic mass is 16.8. The Morgan fingerprint density at radius 2 is 1.02 bits per heavy atom. The van der Waals surface area contributed by atoms with E-state index in [1.807, 2.05) is 0 Å². The maximum atomic E-state index is 14.4. The van der Waals surface area contributed by atoms with Gasteiger partial charge in [-0.25, -0.2) is 14.4 Å². The van der Waals surface area contributed by atoms with Gasteiger partial charge in [-0.05, 0) is 59.7 Å². The van der Waals surface area contributed by atoms with Crippen LogP contribution in [0.25, 0.3) is 12.2 Å². The summed E-state index contributed by atoms with van der Waals surface area (Å²) in [5.41, 5.74) is 0.408. The van der Waals surface area contributed by atoms with Crippen LogP contribution in [0, 0.1) is 0 Å². The predicted molar refractivity (Wildman–Crippen MR) is 304 cm³/mol. The summed E-state index contributed by atoms with van der Waals surface area (Å²) in [6.07, 6.45) is -45.8. The van der Waals surface area contributed by atoms with Crippen molar-refractivity contribution in [2.75, 3.05) is 46.8 Å². The molecule has 0 bridgehead atoms. The summed E-state index contributed by atoms with van der Waals surface area (Å²) in [4.78, 5) is 67.5. The lowest BCUT2D eigenvalue weighted by molar-refractivity contribution is -0.423. The third kappa shape index (κ3) is 17.4. The van der Waals surface area contributed by atoms with E-state index < -0.39 is 216 Å². The topological polar surface area (TPSA) is 507 Å². The lowest BCUT2D eigenvalue weighted by Crippen LogP contribution is -2.69. The molecule has 5 saturated heterocycles. The summed E-state index contributed by atoms with van der Waals surface area (Å²) < 4.78 is 89.0. The number of methoxy groups -OCH3 is 1. The van der Waals surface area contributed by atoms with Crippen LogP contribution in [0.2, 0.25) is 0 Å². The van der Waals surface area contributed by atoms with E-state index in [9.17, 15) is 95.5 Å². The van der Waals surface area contributed by atoms with Gasteiger partial charge in [-0.15, -0.1) is 0 Å². The Morgan fingerprint density at radius 3 is 1.61 bits per heavy atom. The largest absolute Gasteiger partial charge is 0.508 e. The molecule has 5 aliphatic heterocycles. The van der Waals surface area contributed by atoms with E-state index in [1.54, 1.807) is 6.07 Å². The van der Waals surface area contributed by atoms with Crippen molar-refractivity contribution in [3.63, 3.8) is 0 Å². The van der Waals surface area contributed by atoms with Crippen LogP contribution in [0.3, 0.4) is 0 Å². The second-order valence-corrected chi connectivity index (χ2v) is 22.0. The average molecular weight is 1340 g/mol. The van der Waals surface area contributed by atoms with Gasteiger partial charge >= 0.3 is 29.8 Å². The van der Waals surface area contributed by atoms with E-state index in [2.05, 4.69) is 0 Å². The molecule has 34 heteroatoms. The van der Waals surface area contributed by atoms with Gasteiger partial charge in [0.2, 0.25) is 5.79 Å². The number of hydrogen-bond donors (Lipinski definition) is 14. The molecule has 0 amide bonds. The molecule has 0 radical (unpaired) electrons. The summed E-state index contributed by atoms with van der Waals surface area (Å²) in [7, 11) is 1.25. The van der Waals surface area contributed by atoms with Crippen molar-refractivity contribution in [2.45, 2.75) is 161 Å². The van der Waals surface area contributed by atoms with Gasteiger partial charge in [0, 0.05) is 26.0 Å². The van der Waals surface area contributed by atoms with Crippen molar-refractivity contribution in [1.29, 1.82) is 0 Å². The first-order chi connectivity index (χ1) is 44.8. The number of rotatable bonds is 25. The van der Waals surface area contributed by atoms with Crippen LogP contribution in [-0.4, -0.2) is 295 Å². The number of phenols is 2. The minimum Gasteiger partial charge on any atom is -0.508 e. The minimum atomic E-state index is -3.01. The fourth-order valence-corrected chi connectivity index (χ4v) is 10.5. The van der Waals surface area contributed by atoms with E-state index in [0.717, 1.165) is 32.1 Å². The van der Waals surface area contributed by atoms with Gasteiger partial charge in [0.05, 0.1) is 32.5 Å². The van der Waals surface area contributed by atoms with Gasteiger partial charge < -0.3 is 143 Å². The number of esters is 5. The molecule has 0 aliphatic carbocycles. The zero-order valence-corrected chi connectivity index (χ0v) is 50.2. The first kappa shape index (κ1) is 72.9. The molecule has 3 aromatic rings. The molecule has 8 rings (SSSR count). The molecule has 5 aliphatic rings. The molecule has 0 aromatic heterocycles. The maximum Gasteiger partial charge on any atom is 0.338 e. The van der Waals surface area contributed by atoms with E-state index in [4.69, 9.17) is 71.1 Å². The monoisotopic (exact) mass is 1340 g/mol. The lowest BCUT2D eigenvalue weighted by atomic mass is 9.95. The Labute approximate surface area is 533 Å². The Morgan fingerprint density at radius 1 is 0.500 bits per heavy atom. The zero-order valence-electron chi connectivity index (χ0n) is 50.2. The summed E-state index contributed by atoms with van der Waals surface area (Å²) in [5.74, 6) is -9.21. The SMILES string of the molecule is COc1cc(C=CC(=O)O[C@H]2[C@H](O[C@@H]3O[C@H](COC(C)=O)[C@@H](O)[C@H](O[C@@H]4O[C@H](CO)[C@@H](O)[C@H](O)[C@H]4O)[C@H]3O)[C@@H](O[C@@H]3O[C@H](CO)[C@@H](O)[C@H](O)[C@H]3O)[C@@H](O[C@]3(COC(=O)C=Cc4ccc(O)cc4)O[C@H](CO)[C@@H](O)[C@@H]3OC(=O)c3ccccc3)O[C@@H]2COC(C)=O)ccc1O. The Bertz CT molecular complexity index is 3060. The molecule has 0 spiro atoms. The first-order valence-corrected chi connectivity index (χ1v) is 29.1. The highest BCUT2D eigenvalue weighted by Gasteiger charge is 2.64. The fourth-order valence-electron chi connectivity index (χ4n) is 10.5. The first-order valence-electron chi connectivity index (χ1n) is 29.1. The molecule has 0 unspecified atom stereocenters. The molecule has 5 heterocycles. The maximum absolute atomic E-state index is 14.4. The van der Waals surface area contributed by atoms with Crippen LogP contribution in [0.5, 0.6) is 17.2 Å². The van der Waals surface area contributed by atoms with Crippen molar-refractivity contribution < 1.29 is 167 Å². The number of aliphatic hydroxyl groups excluding tert-OH is 12. The Balaban J connectivity index is 1.31. The van der Waals surface area contributed by atoms with Gasteiger partial charge in [-0.2, -0.15) is 0 Å². The number of aromatic hydroxyl groups is 2. The molecule has 3 aromatic carbocycles. The van der Waals surface area contributed by atoms with Crippen molar-refractivity contribution in [3.8, 4) is 17.2 Å². The van der Waals surface area contributed by atoms with Crippen LogP contribution in [-0.2, 0) is 85.5 Å². The van der Waals surface area contributed by atoms with Crippen molar-refractivity contribution in [2.24, 2.45) is 0 Å². The van der Waals surface area contributed by atoms with Crippen LogP contribution in [0.1, 0.15) is 35.3 Å². The quantitative estimate of drug-likeness (QED) is 0.0215. The summed E-state index contributed by atoms with van der Waals surface area (Å²) in [6.45, 7) is -4.50. The van der Waals surface area contributed by atoms with Crippen LogP contribution in [0.4, 0.5) is 0 Å². The molecular weight excluding hydrogens is 1260 g/mol. The molecule has 24 atom stereocenters. The van der Waals surface area contributed by atoms with Crippen LogP contribution in [0.15, 0.2) is 84.9 Å². The van der Waals surface area contributed by atoms with Crippen molar-refractivity contribution in [1.82, 2.24) is 0 Å². The number of carbonyl (C=O) groups excluding carboxylic acids is 5. The lowest BCUT2D eigenvalue weighted by Gasteiger charge is -2.51. The van der Waals surface area contributed by atoms with Crippen molar-refractivity contribution in [3.05, 3.63) is 102 Å². The highest BCUT2D eigenvalue weighted by Crippen LogP contribution is 2.43. The number of aliphatic hydroxyl groups is 12. The van der Waals surface area contributed by atoms with Crippen LogP contribution < -0.4 is 4.74 Å². The van der Waals surface area contributed by atoms with Crippen LogP contribution >= 0.6 is 0 Å². The molecule has 14 N–H and O–H groups in total. The minimum absolute atomic E-state index is 0.0402. The summed E-state index contributed by atoms with van der Waals surface area (Å²) in [6, 6.07) is 16.4. The molecule has 5 fully saturated rings. The zero-order chi connectivity index (χ0) is 68.3. The van der Waals surface area contributed by atoms with Gasteiger partial charge in [-0.1, -0.05) is 36.4 Å². The predicted octanol–water partition coefficient (Wildman–Crippen LogP) is -4.97. The summed E-state index contributed by atoms with van der Waals surface area (Å²) >= 11 is 0.